The molecule has 1 rings (SSSR count). The molecule has 0 saturated heterocycles. The van der Waals surface area contributed by atoms with Gasteiger partial charge in [0.15, 0.2) is 14.9 Å². The normalized spacial score (nSPS) is 12.3. The smallest absolute Gasteiger partial charge is 0.258 e. The standard InChI is InChI=1S/C8H9ClN2O6S2/c1-6-4-8(10-5-7(6)11(12)13)18(14,15)2-3-19(9,16)17/h4-5H,2-3H2,1H3. The molecule has 0 aliphatic carbocycles. The third-order valence-electron chi connectivity index (χ3n) is 2.17. The lowest BCUT2D eigenvalue weighted by Crippen LogP contribution is -2.15. The molecule has 0 aliphatic heterocycles. The molecule has 1 aromatic rings. The first kappa shape index (κ1) is 15.8. The van der Waals surface area contributed by atoms with Crippen LogP contribution in [0.15, 0.2) is 17.3 Å². The number of aryl methyl sites for hydroxylation is 1. The Kier molecular flexibility index (Phi) is 4.48. The van der Waals surface area contributed by atoms with Crippen LogP contribution in [0.2, 0.25) is 0 Å². The molecule has 0 aromatic carbocycles. The molecular formula is C8H9ClN2O6S2. The summed E-state index contributed by atoms with van der Waals surface area (Å²) in [5, 5.41) is 10.1. The summed E-state index contributed by atoms with van der Waals surface area (Å²) in [5.41, 5.74) is -0.198. The van der Waals surface area contributed by atoms with Crippen molar-refractivity contribution in [3.8, 4) is 0 Å². The summed E-state index contributed by atoms with van der Waals surface area (Å²) < 4.78 is 44.9. The highest BCUT2D eigenvalue weighted by atomic mass is 35.7. The second-order valence-corrected chi connectivity index (χ2v) is 8.58. The Morgan fingerprint density at radius 2 is 1.89 bits per heavy atom. The lowest BCUT2D eigenvalue weighted by molar-refractivity contribution is -0.385. The number of nitro groups is 1. The quantitative estimate of drug-likeness (QED) is 0.441. The molecule has 0 bridgehead atoms. The van der Waals surface area contributed by atoms with Gasteiger partial charge in [-0.1, -0.05) is 0 Å². The summed E-state index contributed by atoms with van der Waals surface area (Å²) in [6, 6.07) is 1.02. The molecular weight excluding hydrogens is 320 g/mol. The summed E-state index contributed by atoms with van der Waals surface area (Å²) in [6.45, 7) is 1.36. The van der Waals surface area contributed by atoms with Crippen LogP contribution in [0, 0.1) is 17.0 Å². The number of hydrogen-bond acceptors (Lipinski definition) is 7. The maximum absolute atomic E-state index is 11.8. The summed E-state index contributed by atoms with van der Waals surface area (Å²) in [5.74, 6) is -1.49. The molecule has 0 aliphatic rings. The second kappa shape index (κ2) is 5.39. The molecule has 1 aromatic heterocycles. The lowest BCUT2D eigenvalue weighted by Gasteiger charge is -2.03. The molecule has 0 N–H and O–H groups in total. The minimum absolute atomic E-state index is 0.118. The Bertz CT molecular complexity index is 713. The van der Waals surface area contributed by atoms with Crippen LogP contribution in [0.25, 0.3) is 0 Å². The fraction of sp³-hybridized carbons (Fsp3) is 0.375. The third-order valence-corrected chi connectivity index (χ3v) is 5.18. The van der Waals surface area contributed by atoms with Crippen molar-refractivity contribution in [3.63, 3.8) is 0 Å². The number of nitrogens with zero attached hydrogens (tertiary/aromatic N) is 2. The van der Waals surface area contributed by atoms with Crippen LogP contribution in [-0.4, -0.2) is 38.2 Å². The van der Waals surface area contributed by atoms with Crippen LogP contribution >= 0.6 is 10.7 Å². The number of hydrogen-bond donors (Lipinski definition) is 0. The van der Waals surface area contributed by atoms with Crippen molar-refractivity contribution >= 4 is 35.3 Å². The zero-order valence-corrected chi connectivity index (χ0v) is 12.0. The zero-order valence-electron chi connectivity index (χ0n) is 9.61. The molecule has 0 radical (unpaired) electrons. The molecule has 0 fully saturated rings. The van der Waals surface area contributed by atoms with Crippen LogP contribution in [0.5, 0.6) is 0 Å². The van der Waals surface area contributed by atoms with E-state index < -0.39 is 40.3 Å². The molecule has 0 amide bonds. The van der Waals surface area contributed by atoms with Gasteiger partial charge in [0.2, 0.25) is 9.05 Å². The Labute approximate surface area is 113 Å². The Morgan fingerprint density at radius 3 is 2.32 bits per heavy atom. The summed E-state index contributed by atoms with van der Waals surface area (Å²) in [7, 11) is -2.97. The number of pyridine rings is 1. The highest BCUT2D eigenvalue weighted by molar-refractivity contribution is 8.14. The maximum Gasteiger partial charge on any atom is 0.290 e. The number of sulfone groups is 1. The van der Waals surface area contributed by atoms with Gasteiger partial charge in [0.25, 0.3) is 5.69 Å². The van der Waals surface area contributed by atoms with Crippen molar-refractivity contribution in [2.24, 2.45) is 0 Å². The van der Waals surface area contributed by atoms with Gasteiger partial charge >= 0.3 is 0 Å². The predicted octanol–water partition coefficient (Wildman–Crippen LogP) is 0.641. The topological polar surface area (TPSA) is 124 Å². The maximum atomic E-state index is 11.8. The van der Waals surface area contributed by atoms with E-state index in [9.17, 15) is 26.9 Å². The molecule has 0 spiro atoms. The molecule has 8 nitrogen and oxygen atoms in total. The van der Waals surface area contributed by atoms with E-state index in [0.29, 0.717) is 0 Å². The van der Waals surface area contributed by atoms with E-state index in [1.54, 1.807) is 0 Å². The van der Waals surface area contributed by atoms with Crippen LogP contribution < -0.4 is 0 Å². The van der Waals surface area contributed by atoms with Gasteiger partial charge in [-0.2, -0.15) is 0 Å². The Balaban J connectivity index is 3.10. The van der Waals surface area contributed by atoms with Gasteiger partial charge in [-0.05, 0) is 13.0 Å². The van der Waals surface area contributed by atoms with E-state index in [-0.39, 0.29) is 11.3 Å². The fourth-order valence-electron chi connectivity index (χ4n) is 1.20. The van der Waals surface area contributed by atoms with E-state index in [4.69, 9.17) is 10.7 Å². The van der Waals surface area contributed by atoms with Crippen LogP contribution in [0.3, 0.4) is 0 Å². The molecule has 0 atom stereocenters. The monoisotopic (exact) mass is 328 g/mol. The van der Waals surface area contributed by atoms with Gasteiger partial charge in [0.1, 0.15) is 6.20 Å². The predicted molar refractivity (Wildman–Crippen MR) is 67.3 cm³/mol. The average Bonchev–Trinajstić information content (AvgIpc) is 2.25. The molecule has 1 heterocycles. The number of rotatable bonds is 5. The van der Waals surface area contributed by atoms with Crippen molar-refractivity contribution in [2.45, 2.75) is 11.9 Å². The number of halogens is 1. The molecule has 11 heteroatoms. The highest BCUT2D eigenvalue weighted by Gasteiger charge is 2.22. The first-order valence-corrected chi connectivity index (χ1v) is 8.92. The SMILES string of the molecule is Cc1cc(S(=O)(=O)CCS(=O)(=O)Cl)ncc1[N+](=O)[O-]. The van der Waals surface area contributed by atoms with Crippen LogP contribution in [-0.2, 0) is 18.9 Å². The molecule has 19 heavy (non-hydrogen) atoms. The van der Waals surface area contributed by atoms with Crippen molar-refractivity contribution < 1.29 is 21.8 Å². The lowest BCUT2D eigenvalue weighted by atomic mass is 10.3. The third kappa shape index (κ3) is 4.40. The van der Waals surface area contributed by atoms with Crippen molar-refractivity contribution in [1.82, 2.24) is 4.98 Å². The van der Waals surface area contributed by atoms with Crippen molar-refractivity contribution in [3.05, 3.63) is 27.9 Å². The van der Waals surface area contributed by atoms with Gasteiger partial charge < -0.3 is 0 Å². The highest BCUT2D eigenvalue weighted by Crippen LogP contribution is 2.19. The van der Waals surface area contributed by atoms with E-state index in [1.807, 2.05) is 0 Å². The molecule has 106 valence electrons. The largest absolute Gasteiger partial charge is 0.290 e. The fourth-order valence-corrected chi connectivity index (χ4v) is 4.22. The summed E-state index contributed by atoms with van der Waals surface area (Å²) >= 11 is 0. The summed E-state index contributed by atoms with van der Waals surface area (Å²) in [6.07, 6.45) is 0.817. The van der Waals surface area contributed by atoms with E-state index >= 15 is 0 Å². The van der Waals surface area contributed by atoms with Gasteiger partial charge in [0, 0.05) is 16.2 Å². The van der Waals surface area contributed by atoms with Gasteiger partial charge in [-0.3, -0.25) is 10.1 Å². The summed E-state index contributed by atoms with van der Waals surface area (Å²) in [4.78, 5) is 13.3. The van der Waals surface area contributed by atoms with Gasteiger partial charge in [-0.15, -0.1) is 0 Å². The minimum Gasteiger partial charge on any atom is -0.258 e. The van der Waals surface area contributed by atoms with Crippen LogP contribution in [0.1, 0.15) is 5.56 Å². The molecule has 0 saturated carbocycles. The average molecular weight is 329 g/mol. The van der Waals surface area contributed by atoms with E-state index in [1.165, 1.54) is 6.92 Å². The Morgan fingerprint density at radius 1 is 1.32 bits per heavy atom. The van der Waals surface area contributed by atoms with Crippen LogP contribution in [0.4, 0.5) is 5.69 Å². The van der Waals surface area contributed by atoms with Gasteiger partial charge in [-0.25, -0.2) is 21.8 Å². The second-order valence-electron chi connectivity index (χ2n) is 3.63. The van der Waals surface area contributed by atoms with Crippen molar-refractivity contribution in [1.29, 1.82) is 0 Å². The first-order chi connectivity index (χ1) is 8.53. The first-order valence-electron chi connectivity index (χ1n) is 4.79. The van der Waals surface area contributed by atoms with E-state index in [2.05, 4.69) is 4.98 Å². The number of aromatic nitrogens is 1. The van der Waals surface area contributed by atoms with E-state index in [0.717, 1.165) is 12.3 Å². The molecule has 0 unspecified atom stereocenters. The Hall–Kier alpha value is -1.26. The zero-order chi connectivity index (χ0) is 14.8. The van der Waals surface area contributed by atoms with Crippen molar-refractivity contribution in [2.75, 3.05) is 11.5 Å². The minimum atomic E-state index is -3.96. The van der Waals surface area contributed by atoms with Gasteiger partial charge in [0.05, 0.1) is 16.4 Å².